The van der Waals surface area contributed by atoms with E-state index < -0.39 is 6.10 Å². The molecule has 138 valence electrons. The number of carbonyl (C=O) groups excluding carboxylic acids is 1. The number of nitrogens with one attached hydrogen (secondary N) is 1. The van der Waals surface area contributed by atoms with E-state index in [0.29, 0.717) is 0 Å². The van der Waals surface area contributed by atoms with Gasteiger partial charge in [-0.1, -0.05) is 30.3 Å². The van der Waals surface area contributed by atoms with E-state index in [1.807, 2.05) is 43.3 Å². The highest BCUT2D eigenvalue weighted by atomic mass is 16.5. The number of hydrogen-bond acceptors (Lipinski definition) is 3. The molecule has 3 rings (SSSR count). The molecule has 4 nitrogen and oxygen atoms in total. The second kappa shape index (κ2) is 8.26. The van der Waals surface area contributed by atoms with Crippen LogP contribution >= 0.6 is 0 Å². The van der Waals surface area contributed by atoms with Crippen LogP contribution < -0.4 is 14.8 Å². The van der Waals surface area contributed by atoms with E-state index in [0.717, 1.165) is 29.9 Å². The topological polar surface area (TPSA) is 47.6 Å². The third-order valence-electron chi connectivity index (χ3n) is 4.99. The molecule has 2 aromatic carbocycles. The summed E-state index contributed by atoms with van der Waals surface area (Å²) in [6.45, 7) is 3.75. The van der Waals surface area contributed by atoms with Crippen LogP contribution in [-0.2, 0) is 17.6 Å². The minimum absolute atomic E-state index is 0.128. The maximum absolute atomic E-state index is 12.6. The number of hydrogen-bond donors (Lipinski definition) is 1. The van der Waals surface area contributed by atoms with Gasteiger partial charge in [0, 0.05) is 5.56 Å². The van der Waals surface area contributed by atoms with Crippen molar-refractivity contribution in [3.63, 3.8) is 0 Å². The number of aryl methyl sites for hydroxylation is 1. The van der Waals surface area contributed by atoms with Crippen LogP contribution in [0.15, 0.2) is 42.5 Å². The van der Waals surface area contributed by atoms with Gasteiger partial charge in [-0.2, -0.15) is 0 Å². The first kappa shape index (κ1) is 18.3. The van der Waals surface area contributed by atoms with E-state index in [1.165, 1.54) is 24.0 Å². The second-order valence-corrected chi connectivity index (χ2v) is 6.83. The Morgan fingerprint density at radius 2 is 1.73 bits per heavy atom. The Bertz CT molecular complexity index is 772. The minimum atomic E-state index is -0.555. The van der Waals surface area contributed by atoms with Crippen molar-refractivity contribution in [1.82, 2.24) is 5.32 Å². The molecule has 0 saturated heterocycles. The average Bonchev–Trinajstić information content (AvgIpc) is 2.68. The smallest absolute Gasteiger partial charge is 0.261 e. The van der Waals surface area contributed by atoms with Gasteiger partial charge in [-0.3, -0.25) is 4.79 Å². The van der Waals surface area contributed by atoms with Crippen LogP contribution in [0, 0.1) is 0 Å². The van der Waals surface area contributed by atoms with Gasteiger partial charge >= 0.3 is 0 Å². The first-order valence-corrected chi connectivity index (χ1v) is 9.31. The lowest BCUT2D eigenvalue weighted by molar-refractivity contribution is -0.127. The molecule has 1 aliphatic carbocycles. The molecule has 0 saturated carbocycles. The highest BCUT2D eigenvalue weighted by Crippen LogP contribution is 2.30. The molecule has 1 N–H and O–H groups in total. The van der Waals surface area contributed by atoms with Gasteiger partial charge in [0.25, 0.3) is 5.91 Å². The first-order chi connectivity index (χ1) is 12.6. The van der Waals surface area contributed by atoms with Crippen molar-refractivity contribution in [3.05, 3.63) is 59.2 Å². The summed E-state index contributed by atoms with van der Waals surface area (Å²) in [6.07, 6.45) is 3.97. The fourth-order valence-corrected chi connectivity index (χ4v) is 3.53. The number of carbonyl (C=O) groups is 1. The van der Waals surface area contributed by atoms with Gasteiger partial charge in [0.2, 0.25) is 0 Å². The maximum Gasteiger partial charge on any atom is 0.261 e. The molecule has 1 aliphatic rings. The first-order valence-electron chi connectivity index (χ1n) is 9.31. The fraction of sp³-hybridized carbons (Fsp3) is 0.409. The summed E-state index contributed by atoms with van der Waals surface area (Å²) in [6, 6.07) is 13.7. The summed E-state index contributed by atoms with van der Waals surface area (Å²) in [5, 5.41) is 3.03. The molecule has 26 heavy (non-hydrogen) atoms. The average molecular weight is 353 g/mol. The Labute approximate surface area is 155 Å². The predicted octanol–water partition coefficient (Wildman–Crippen LogP) is 4.22. The molecule has 0 aromatic heterocycles. The highest BCUT2D eigenvalue weighted by Gasteiger charge is 2.21. The zero-order chi connectivity index (χ0) is 18.5. The van der Waals surface area contributed by atoms with Crippen LogP contribution in [0.5, 0.6) is 11.5 Å². The third kappa shape index (κ3) is 4.01. The largest absolute Gasteiger partial charge is 0.496 e. The molecule has 1 amide bonds. The molecule has 0 fully saturated rings. The maximum atomic E-state index is 12.6. The number of benzene rings is 2. The summed E-state index contributed by atoms with van der Waals surface area (Å²) in [5.41, 5.74) is 3.56. The number of fused-ring (bicyclic) bond motifs is 1. The monoisotopic (exact) mass is 353 g/mol. The molecule has 0 aliphatic heterocycles. The van der Waals surface area contributed by atoms with Gasteiger partial charge in [0.15, 0.2) is 6.10 Å². The van der Waals surface area contributed by atoms with Gasteiger partial charge in [-0.25, -0.2) is 0 Å². The van der Waals surface area contributed by atoms with Gasteiger partial charge in [0.05, 0.1) is 13.2 Å². The molecule has 0 heterocycles. The Hall–Kier alpha value is -2.49. The quantitative estimate of drug-likeness (QED) is 0.846. The van der Waals surface area contributed by atoms with Crippen molar-refractivity contribution in [3.8, 4) is 11.5 Å². The number of methoxy groups -OCH3 is 1. The van der Waals surface area contributed by atoms with E-state index >= 15 is 0 Å². The van der Waals surface area contributed by atoms with Crippen molar-refractivity contribution < 1.29 is 14.3 Å². The molecular formula is C22H27NO3. The number of amides is 1. The van der Waals surface area contributed by atoms with Crippen molar-refractivity contribution in [2.75, 3.05) is 7.11 Å². The van der Waals surface area contributed by atoms with Crippen LogP contribution in [0.2, 0.25) is 0 Å². The van der Waals surface area contributed by atoms with E-state index in [-0.39, 0.29) is 11.9 Å². The van der Waals surface area contributed by atoms with Crippen molar-refractivity contribution in [2.45, 2.75) is 51.7 Å². The summed E-state index contributed by atoms with van der Waals surface area (Å²) in [5.74, 6) is 1.48. The lowest BCUT2D eigenvalue weighted by Gasteiger charge is -2.23. The lowest BCUT2D eigenvalue weighted by Crippen LogP contribution is -2.38. The summed E-state index contributed by atoms with van der Waals surface area (Å²) < 4.78 is 11.4. The molecule has 0 unspecified atom stereocenters. The zero-order valence-electron chi connectivity index (χ0n) is 15.7. The molecule has 0 radical (unpaired) electrons. The highest BCUT2D eigenvalue weighted by molar-refractivity contribution is 5.81. The SMILES string of the molecule is COc1ccccc1[C@H](C)NC(=O)[C@@H](C)Oc1cccc2c1CCCC2. The Morgan fingerprint density at radius 1 is 1.00 bits per heavy atom. The fourth-order valence-electron chi connectivity index (χ4n) is 3.53. The van der Waals surface area contributed by atoms with Crippen LogP contribution in [0.1, 0.15) is 49.4 Å². The van der Waals surface area contributed by atoms with Crippen molar-refractivity contribution >= 4 is 5.91 Å². The van der Waals surface area contributed by atoms with Crippen LogP contribution in [0.3, 0.4) is 0 Å². The van der Waals surface area contributed by atoms with Gasteiger partial charge in [-0.15, -0.1) is 0 Å². The van der Waals surface area contributed by atoms with Crippen LogP contribution in [-0.4, -0.2) is 19.1 Å². The number of para-hydroxylation sites is 1. The van der Waals surface area contributed by atoms with Crippen LogP contribution in [0.4, 0.5) is 0 Å². The van der Waals surface area contributed by atoms with Crippen LogP contribution in [0.25, 0.3) is 0 Å². The van der Waals surface area contributed by atoms with Crippen molar-refractivity contribution in [1.29, 1.82) is 0 Å². The number of rotatable bonds is 6. The van der Waals surface area contributed by atoms with E-state index in [4.69, 9.17) is 9.47 Å². The number of ether oxygens (including phenoxy) is 2. The summed E-state index contributed by atoms with van der Waals surface area (Å²) in [7, 11) is 1.64. The second-order valence-electron chi connectivity index (χ2n) is 6.83. The summed E-state index contributed by atoms with van der Waals surface area (Å²) >= 11 is 0. The van der Waals surface area contributed by atoms with E-state index in [9.17, 15) is 4.79 Å². The van der Waals surface area contributed by atoms with Crippen molar-refractivity contribution in [2.24, 2.45) is 0 Å². The lowest BCUT2D eigenvalue weighted by atomic mass is 9.91. The van der Waals surface area contributed by atoms with E-state index in [1.54, 1.807) is 14.0 Å². The molecule has 2 aromatic rings. The van der Waals surface area contributed by atoms with Gasteiger partial charge in [-0.05, 0) is 62.8 Å². The van der Waals surface area contributed by atoms with Gasteiger partial charge < -0.3 is 14.8 Å². The van der Waals surface area contributed by atoms with Gasteiger partial charge in [0.1, 0.15) is 11.5 Å². The minimum Gasteiger partial charge on any atom is -0.496 e. The Kier molecular flexibility index (Phi) is 5.82. The molecular weight excluding hydrogens is 326 g/mol. The van der Waals surface area contributed by atoms with E-state index in [2.05, 4.69) is 11.4 Å². The predicted molar refractivity (Wildman–Crippen MR) is 103 cm³/mol. The standard InChI is InChI=1S/C22H27NO3/c1-15(18-11-6-7-13-20(18)25-3)23-22(24)16(2)26-21-14-8-10-17-9-4-5-12-19(17)21/h6-8,10-11,13-16H,4-5,9,12H2,1-3H3,(H,23,24)/t15-,16+/m0/s1. The molecule has 0 spiro atoms. The zero-order valence-corrected chi connectivity index (χ0v) is 15.7. The molecule has 2 atom stereocenters. The molecule has 0 bridgehead atoms. The summed E-state index contributed by atoms with van der Waals surface area (Å²) in [4.78, 5) is 12.6. The Balaban J connectivity index is 1.67. The normalized spacial score (nSPS) is 15.5. The molecule has 4 heteroatoms. The Morgan fingerprint density at radius 3 is 2.54 bits per heavy atom. The third-order valence-corrected chi connectivity index (χ3v) is 4.99.